The lowest BCUT2D eigenvalue weighted by molar-refractivity contribution is -0.385. The largest absolute Gasteiger partial charge is 0.457 e. The first kappa shape index (κ1) is 22.2. The minimum absolute atomic E-state index is 0.119. The van der Waals surface area contributed by atoms with Crippen molar-refractivity contribution in [2.45, 2.75) is 17.9 Å². The molecule has 0 spiro atoms. The van der Waals surface area contributed by atoms with Gasteiger partial charge >= 0.3 is 5.97 Å². The number of hydrogen-bond acceptors (Lipinski definition) is 6. The zero-order valence-corrected chi connectivity index (χ0v) is 18.3. The van der Waals surface area contributed by atoms with Crippen molar-refractivity contribution in [1.82, 2.24) is 0 Å². The number of carbonyl (C=O) groups is 1. The number of rotatable bonds is 7. The molecule has 0 radical (unpaired) electrons. The quantitative estimate of drug-likeness (QED) is 0.225. The summed E-state index contributed by atoms with van der Waals surface area (Å²) < 4.78 is 32.6. The maximum Gasteiger partial charge on any atom is 0.331 e. The highest BCUT2D eigenvalue weighted by atomic mass is 32.2. The van der Waals surface area contributed by atoms with Gasteiger partial charge in [-0.2, -0.15) is 0 Å². The highest BCUT2D eigenvalue weighted by Crippen LogP contribution is 2.32. The minimum atomic E-state index is -3.69. The number of fused-ring (bicyclic) bond motifs is 1. The van der Waals surface area contributed by atoms with Crippen LogP contribution in [0.2, 0.25) is 0 Å². The van der Waals surface area contributed by atoms with E-state index in [9.17, 15) is 23.3 Å². The van der Waals surface area contributed by atoms with Gasteiger partial charge in [-0.25, -0.2) is 13.2 Å². The lowest BCUT2D eigenvalue weighted by Crippen LogP contribution is -2.29. The second kappa shape index (κ2) is 9.25. The minimum Gasteiger partial charge on any atom is -0.457 e. The molecule has 1 aliphatic heterocycles. The molecule has 0 atom stereocenters. The molecule has 0 N–H and O–H groups in total. The van der Waals surface area contributed by atoms with Gasteiger partial charge in [0, 0.05) is 18.7 Å². The zero-order chi connectivity index (χ0) is 23.4. The maximum atomic E-state index is 13.1. The molecule has 1 heterocycles. The topological polar surface area (TPSA) is 107 Å². The Morgan fingerprint density at radius 2 is 1.73 bits per heavy atom. The van der Waals surface area contributed by atoms with E-state index in [0.717, 1.165) is 5.56 Å². The van der Waals surface area contributed by atoms with E-state index in [4.69, 9.17) is 4.74 Å². The molecule has 3 aromatic carbocycles. The summed E-state index contributed by atoms with van der Waals surface area (Å²) in [7, 11) is -3.69. The number of carbonyl (C=O) groups excluding carboxylic acids is 1. The van der Waals surface area contributed by atoms with Gasteiger partial charge in [-0.15, -0.1) is 0 Å². The van der Waals surface area contributed by atoms with Gasteiger partial charge in [0.15, 0.2) is 0 Å². The van der Waals surface area contributed by atoms with Crippen molar-refractivity contribution in [3.05, 3.63) is 106 Å². The van der Waals surface area contributed by atoms with Gasteiger partial charge in [0.2, 0.25) is 0 Å². The number of nitrogens with zero attached hydrogens (tertiary/aromatic N) is 2. The number of nitro benzene ring substituents is 1. The second-order valence-electron chi connectivity index (χ2n) is 7.35. The van der Waals surface area contributed by atoms with E-state index >= 15 is 0 Å². The predicted molar refractivity (Wildman–Crippen MR) is 123 cm³/mol. The van der Waals surface area contributed by atoms with Crippen molar-refractivity contribution in [2.75, 3.05) is 10.8 Å². The van der Waals surface area contributed by atoms with Crippen molar-refractivity contribution >= 4 is 33.4 Å². The van der Waals surface area contributed by atoms with Crippen molar-refractivity contribution in [3.63, 3.8) is 0 Å². The maximum absolute atomic E-state index is 13.1. The lowest BCUT2D eigenvalue weighted by atomic mass is 10.2. The van der Waals surface area contributed by atoms with E-state index < -0.39 is 20.9 Å². The number of nitro groups is 1. The molecule has 1 aliphatic rings. The monoisotopic (exact) mass is 464 g/mol. The van der Waals surface area contributed by atoms with Crippen LogP contribution >= 0.6 is 0 Å². The summed E-state index contributed by atoms with van der Waals surface area (Å²) in [6.45, 7) is 0.170. The van der Waals surface area contributed by atoms with E-state index in [1.165, 1.54) is 46.8 Å². The van der Waals surface area contributed by atoms with Gasteiger partial charge in [-0.05, 0) is 47.9 Å². The molecule has 0 aliphatic carbocycles. The van der Waals surface area contributed by atoms with Crippen molar-refractivity contribution in [3.8, 4) is 0 Å². The van der Waals surface area contributed by atoms with Gasteiger partial charge in [0.1, 0.15) is 6.61 Å². The Bertz CT molecular complexity index is 1330. The predicted octanol–water partition coefficient (Wildman–Crippen LogP) is 4.10. The van der Waals surface area contributed by atoms with Crippen LogP contribution in [0.25, 0.3) is 6.08 Å². The highest BCUT2D eigenvalue weighted by Gasteiger charge is 2.30. The van der Waals surface area contributed by atoms with Crippen LogP contribution < -0.4 is 4.31 Å². The molecule has 168 valence electrons. The molecule has 0 bridgehead atoms. The highest BCUT2D eigenvalue weighted by molar-refractivity contribution is 7.92. The molecule has 0 saturated carbocycles. The van der Waals surface area contributed by atoms with Gasteiger partial charge in [0.25, 0.3) is 15.7 Å². The first-order valence-corrected chi connectivity index (χ1v) is 11.6. The third kappa shape index (κ3) is 4.78. The second-order valence-corrected chi connectivity index (χ2v) is 9.21. The Balaban J connectivity index is 1.41. The fourth-order valence-electron chi connectivity index (χ4n) is 3.61. The molecule has 8 nitrogen and oxygen atoms in total. The fraction of sp³-hybridized carbons (Fsp3) is 0.125. The molecular formula is C24H20N2O6S. The Labute approximate surface area is 190 Å². The Morgan fingerprint density at radius 1 is 1.03 bits per heavy atom. The van der Waals surface area contributed by atoms with Gasteiger partial charge in [0.05, 0.1) is 21.1 Å². The molecule has 0 saturated heterocycles. The normalized spacial score (nSPS) is 13.2. The lowest BCUT2D eigenvalue weighted by Gasteiger charge is -2.19. The summed E-state index contributed by atoms with van der Waals surface area (Å²) in [5, 5.41) is 11.0. The molecule has 9 heteroatoms. The summed E-state index contributed by atoms with van der Waals surface area (Å²) in [4.78, 5) is 22.7. The average Bonchev–Trinajstić information content (AvgIpc) is 3.27. The molecule has 0 amide bonds. The average molecular weight is 464 g/mol. The number of para-hydroxylation sites is 2. The van der Waals surface area contributed by atoms with Crippen molar-refractivity contribution in [2.24, 2.45) is 0 Å². The van der Waals surface area contributed by atoms with E-state index in [0.29, 0.717) is 29.8 Å². The Hall–Kier alpha value is -3.98. The van der Waals surface area contributed by atoms with Crippen LogP contribution in [-0.2, 0) is 32.6 Å². The van der Waals surface area contributed by atoms with Crippen LogP contribution in [0.15, 0.2) is 83.8 Å². The van der Waals surface area contributed by atoms with Crippen LogP contribution in [0.4, 0.5) is 11.4 Å². The summed E-state index contributed by atoms with van der Waals surface area (Å²) in [5.74, 6) is -0.668. The van der Waals surface area contributed by atoms with Gasteiger partial charge in [-0.1, -0.05) is 42.5 Å². The molecule has 33 heavy (non-hydrogen) atoms. The Kier molecular flexibility index (Phi) is 6.23. The fourth-order valence-corrected chi connectivity index (χ4v) is 5.11. The van der Waals surface area contributed by atoms with Crippen molar-refractivity contribution < 1.29 is 22.9 Å². The summed E-state index contributed by atoms with van der Waals surface area (Å²) in [6.07, 6.45) is 3.35. The van der Waals surface area contributed by atoms with Crippen LogP contribution in [-0.4, -0.2) is 25.9 Å². The van der Waals surface area contributed by atoms with Crippen LogP contribution in [0.5, 0.6) is 0 Å². The molecule has 0 unspecified atom stereocenters. The molecule has 3 aromatic rings. The summed E-state index contributed by atoms with van der Waals surface area (Å²) in [5.41, 5.74) is 2.48. The molecule has 0 fully saturated rings. The van der Waals surface area contributed by atoms with Crippen LogP contribution in [0.1, 0.15) is 16.7 Å². The molecule has 4 rings (SSSR count). The number of benzene rings is 3. The van der Waals surface area contributed by atoms with E-state index in [1.807, 2.05) is 18.2 Å². The van der Waals surface area contributed by atoms with Gasteiger partial charge < -0.3 is 4.74 Å². The number of anilines is 1. The third-order valence-corrected chi connectivity index (χ3v) is 7.11. The standard InChI is InChI=1S/C24H20N2O6S/c27-24(32-17-20-6-2-4-8-23(20)26(28)29)14-11-18-9-12-21(13-10-18)33(30,31)25-16-15-19-5-1-3-7-22(19)25/h1-14H,15-17H2/b14-11+. The SMILES string of the molecule is O=C(/C=C/c1ccc(S(=O)(=O)N2CCc3ccccc32)cc1)OCc1ccccc1[N+](=O)[O-]. The number of esters is 1. The Morgan fingerprint density at radius 3 is 2.48 bits per heavy atom. The van der Waals surface area contributed by atoms with Crippen molar-refractivity contribution in [1.29, 1.82) is 0 Å². The van der Waals surface area contributed by atoms with Crippen LogP contribution in [0.3, 0.4) is 0 Å². The van der Waals surface area contributed by atoms with E-state index in [-0.39, 0.29) is 17.2 Å². The third-order valence-electron chi connectivity index (χ3n) is 5.28. The number of ether oxygens (including phenoxy) is 1. The van der Waals surface area contributed by atoms with E-state index in [1.54, 1.807) is 24.3 Å². The number of sulfonamides is 1. The summed E-state index contributed by atoms with van der Waals surface area (Å²) in [6, 6.07) is 19.6. The van der Waals surface area contributed by atoms with Crippen LogP contribution in [0, 0.1) is 10.1 Å². The molecule has 0 aromatic heterocycles. The first-order valence-electron chi connectivity index (χ1n) is 10.1. The van der Waals surface area contributed by atoms with Gasteiger partial charge in [-0.3, -0.25) is 14.4 Å². The summed E-state index contributed by atoms with van der Waals surface area (Å²) >= 11 is 0. The first-order chi connectivity index (χ1) is 15.9. The number of hydrogen-bond donors (Lipinski definition) is 0. The molecular weight excluding hydrogens is 444 g/mol. The van der Waals surface area contributed by atoms with E-state index in [2.05, 4.69) is 0 Å². The smallest absolute Gasteiger partial charge is 0.331 e. The zero-order valence-electron chi connectivity index (χ0n) is 17.5.